The number of nitrogens with zero attached hydrogens (tertiary/aromatic N) is 3. The second-order valence-corrected chi connectivity index (χ2v) is 9.05. The maximum absolute atomic E-state index is 12.6. The van der Waals surface area contributed by atoms with E-state index in [2.05, 4.69) is 39.2 Å². The molecule has 3 heterocycles. The third-order valence-corrected chi connectivity index (χ3v) is 7.05. The fraction of sp³-hybridized carbons (Fsp3) is 0.300. The molecule has 6 nitrogen and oxygen atoms in total. The van der Waals surface area contributed by atoms with Crippen LogP contribution in [0.5, 0.6) is 0 Å². The number of aromatic nitrogens is 5. The highest BCUT2D eigenvalue weighted by Gasteiger charge is 2.20. The Bertz CT molecular complexity index is 1210. The summed E-state index contributed by atoms with van der Waals surface area (Å²) >= 11 is 3.14. The Labute approximate surface area is 169 Å². The molecule has 0 aliphatic heterocycles. The second kappa shape index (κ2) is 7.18. The highest BCUT2D eigenvalue weighted by atomic mass is 32.2. The summed E-state index contributed by atoms with van der Waals surface area (Å²) < 4.78 is 0. The Hall–Kier alpha value is -2.45. The summed E-state index contributed by atoms with van der Waals surface area (Å²) in [7, 11) is 0. The topological polar surface area (TPSA) is 87.3 Å². The zero-order chi connectivity index (χ0) is 19.1. The SMILES string of the molecule is Cc1ccc(-c2nc(SCc3nc4sc5c(c4c(=O)[nH]3)CCCC5)n[nH]2)cc1. The lowest BCUT2D eigenvalue weighted by atomic mass is 9.97. The van der Waals surface area contributed by atoms with Crippen LogP contribution >= 0.6 is 23.1 Å². The maximum Gasteiger partial charge on any atom is 0.259 e. The van der Waals surface area contributed by atoms with Crippen LogP contribution in [0.25, 0.3) is 21.6 Å². The van der Waals surface area contributed by atoms with E-state index in [1.165, 1.54) is 34.2 Å². The van der Waals surface area contributed by atoms with Crippen molar-refractivity contribution in [3.05, 3.63) is 56.4 Å². The summed E-state index contributed by atoms with van der Waals surface area (Å²) in [5.41, 5.74) is 3.41. The lowest BCUT2D eigenvalue weighted by Crippen LogP contribution is -2.12. The smallest absolute Gasteiger partial charge is 0.259 e. The minimum atomic E-state index is -0.0182. The lowest BCUT2D eigenvalue weighted by molar-refractivity contribution is 0.700. The van der Waals surface area contributed by atoms with Crippen LogP contribution in [-0.2, 0) is 18.6 Å². The molecular weight excluding hydrogens is 390 g/mol. The first kappa shape index (κ1) is 17.6. The predicted molar refractivity (Wildman–Crippen MR) is 113 cm³/mol. The van der Waals surface area contributed by atoms with Crippen molar-refractivity contribution in [2.24, 2.45) is 0 Å². The number of aryl methyl sites for hydroxylation is 3. The molecular formula is C20H19N5OS2. The Kier molecular flexibility index (Phi) is 4.52. The fourth-order valence-corrected chi connectivity index (χ4v) is 5.51. The molecule has 1 aromatic carbocycles. The van der Waals surface area contributed by atoms with Gasteiger partial charge in [0.05, 0.1) is 11.1 Å². The van der Waals surface area contributed by atoms with Gasteiger partial charge in [0, 0.05) is 10.4 Å². The van der Waals surface area contributed by atoms with Crippen LogP contribution < -0.4 is 5.56 Å². The first-order valence-electron chi connectivity index (χ1n) is 9.33. The molecule has 0 bridgehead atoms. The van der Waals surface area contributed by atoms with Crippen LogP contribution in [0.1, 0.15) is 34.7 Å². The number of H-pyrrole nitrogens is 2. The molecule has 0 spiro atoms. The third kappa shape index (κ3) is 3.27. The number of benzene rings is 1. The van der Waals surface area contributed by atoms with Gasteiger partial charge in [-0.2, -0.15) is 0 Å². The van der Waals surface area contributed by atoms with Gasteiger partial charge in [-0.15, -0.1) is 16.4 Å². The van der Waals surface area contributed by atoms with Gasteiger partial charge in [0.15, 0.2) is 5.82 Å². The van der Waals surface area contributed by atoms with E-state index >= 15 is 0 Å². The molecule has 0 saturated heterocycles. The molecule has 5 rings (SSSR count). The van der Waals surface area contributed by atoms with Crippen molar-refractivity contribution in [1.82, 2.24) is 25.1 Å². The lowest BCUT2D eigenvalue weighted by Gasteiger charge is -2.09. The minimum Gasteiger partial charge on any atom is -0.309 e. The average molecular weight is 410 g/mol. The van der Waals surface area contributed by atoms with Crippen LogP contribution in [0.2, 0.25) is 0 Å². The maximum atomic E-state index is 12.6. The van der Waals surface area contributed by atoms with E-state index in [0.717, 1.165) is 40.9 Å². The van der Waals surface area contributed by atoms with Crippen molar-refractivity contribution in [1.29, 1.82) is 0 Å². The average Bonchev–Trinajstić information content (AvgIpc) is 3.31. The van der Waals surface area contributed by atoms with Crippen LogP contribution in [0.15, 0.2) is 34.2 Å². The van der Waals surface area contributed by atoms with Crippen molar-refractivity contribution in [2.75, 3.05) is 0 Å². The molecule has 1 aliphatic carbocycles. The van der Waals surface area contributed by atoms with Crippen molar-refractivity contribution in [3.63, 3.8) is 0 Å². The van der Waals surface area contributed by atoms with Gasteiger partial charge in [-0.25, -0.2) is 9.97 Å². The number of thioether (sulfide) groups is 1. The molecule has 28 heavy (non-hydrogen) atoms. The van der Waals surface area contributed by atoms with E-state index in [0.29, 0.717) is 16.7 Å². The molecule has 0 saturated carbocycles. The molecule has 0 unspecified atom stereocenters. The Morgan fingerprint density at radius 1 is 1.14 bits per heavy atom. The highest BCUT2D eigenvalue weighted by molar-refractivity contribution is 7.98. The second-order valence-electron chi connectivity index (χ2n) is 7.02. The Morgan fingerprint density at radius 3 is 2.82 bits per heavy atom. The van der Waals surface area contributed by atoms with Gasteiger partial charge in [-0.05, 0) is 38.2 Å². The normalized spacial score (nSPS) is 13.8. The fourth-order valence-electron chi connectivity index (χ4n) is 3.56. The van der Waals surface area contributed by atoms with Gasteiger partial charge in [0.2, 0.25) is 5.16 Å². The van der Waals surface area contributed by atoms with E-state index in [1.807, 2.05) is 12.1 Å². The molecule has 0 atom stereocenters. The van der Waals surface area contributed by atoms with E-state index in [9.17, 15) is 4.79 Å². The van der Waals surface area contributed by atoms with Crippen molar-refractivity contribution in [3.8, 4) is 11.4 Å². The largest absolute Gasteiger partial charge is 0.309 e. The summed E-state index contributed by atoms with van der Waals surface area (Å²) in [5.74, 6) is 1.94. The number of aromatic amines is 2. The van der Waals surface area contributed by atoms with Crippen LogP contribution in [0.4, 0.5) is 0 Å². The van der Waals surface area contributed by atoms with Crippen LogP contribution in [-0.4, -0.2) is 25.1 Å². The number of rotatable bonds is 4. The van der Waals surface area contributed by atoms with E-state index in [4.69, 9.17) is 4.98 Å². The number of nitrogens with one attached hydrogen (secondary N) is 2. The number of fused-ring (bicyclic) bond motifs is 3. The number of thiophene rings is 1. The quantitative estimate of drug-likeness (QED) is 0.492. The Balaban J connectivity index is 1.36. The van der Waals surface area contributed by atoms with Crippen molar-refractivity contribution >= 4 is 33.3 Å². The molecule has 142 valence electrons. The van der Waals surface area contributed by atoms with E-state index < -0.39 is 0 Å². The van der Waals surface area contributed by atoms with Crippen LogP contribution in [0, 0.1) is 6.92 Å². The van der Waals surface area contributed by atoms with Gasteiger partial charge in [0.25, 0.3) is 5.56 Å². The van der Waals surface area contributed by atoms with Crippen molar-refractivity contribution in [2.45, 2.75) is 43.5 Å². The van der Waals surface area contributed by atoms with Gasteiger partial charge in [-0.1, -0.05) is 41.6 Å². The summed E-state index contributed by atoms with van der Waals surface area (Å²) in [6, 6.07) is 8.15. The van der Waals surface area contributed by atoms with E-state index in [1.54, 1.807) is 11.3 Å². The third-order valence-electron chi connectivity index (χ3n) is 5.00. The summed E-state index contributed by atoms with van der Waals surface area (Å²) in [6.07, 6.45) is 4.42. The number of hydrogen-bond acceptors (Lipinski definition) is 6. The monoisotopic (exact) mass is 409 g/mol. The molecule has 3 aromatic heterocycles. The van der Waals surface area contributed by atoms with Gasteiger partial charge in [0.1, 0.15) is 10.7 Å². The molecule has 0 radical (unpaired) electrons. The number of hydrogen-bond donors (Lipinski definition) is 2. The highest BCUT2D eigenvalue weighted by Crippen LogP contribution is 2.33. The van der Waals surface area contributed by atoms with Crippen LogP contribution in [0.3, 0.4) is 0 Å². The molecule has 0 fully saturated rings. The predicted octanol–water partition coefficient (Wildman–Crippen LogP) is 4.25. The van der Waals surface area contributed by atoms with Gasteiger partial charge < -0.3 is 4.98 Å². The summed E-state index contributed by atoms with van der Waals surface area (Å²) in [5, 5.41) is 8.70. The zero-order valence-corrected chi connectivity index (χ0v) is 17.0. The van der Waals surface area contributed by atoms with E-state index in [-0.39, 0.29) is 5.56 Å². The summed E-state index contributed by atoms with van der Waals surface area (Å²) in [4.78, 5) is 27.0. The Morgan fingerprint density at radius 2 is 1.96 bits per heavy atom. The van der Waals surface area contributed by atoms with Gasteiger partial charge >= 0.3 is 0 Å². The first-order chi connectivity index (χ1) is 13.7. The molecule has 1 aliphatic rings. The van der Waals surface area contributed by atoms with Crippen molar-refractivity contribution < 1.29 is 0 Å². The molecule has 8 heteroatoms. The standard InChI is InChI=1S/C20H19N5OS2/c1-11-6-8-12(9-7-11)17-23-20(25-24-17)27-10-15-21-18(26)16-13-4-2-3-5-14(13)28-19(16)22-15/h6-9H,2-5,10H2,1H3,(H,21,22,26)(H,23,24,25). The summed E-state index contributed by atoms with van der Waals surface area (Å²) in [6.45, 7) is 2.06. The zero-order valence-electron chi connectivity index (χ0n) is 15.4. The molecule has 0 amide bonds. The van der Waals surface area contributed by atoms with Gasteiger partial charge in [-0.3, -0.25) is 9.89 Å². The first-order valence-corrected chi connectivity index (χ1v) is 11.1. The molecule has 4 aromatic rings. The molecule has 2 N–H and O–H groups in total. The minimum absolute atomic E-state index is 0.0182.